The number of nitrogens with zero attached hydrogens (tertiary/aromatic N) is 1. The van der Waals surface area contributed by atoms with E-state index in [9.17, 15) is 5.11 Å². The summed E-state index contributed by atoms with van der Waals surface area (Å²) in [6, 6.07) is 28.1. The molecule has 1 N–H and O–H groups in total. The number of anilines is 1. The molecule has 132 valence electrons. The topological polar surface area (TPSA) is 23.5 Å². The molecule has 1 heterocycles. The van der Waals surface area contributed by atoms with Crippen LogP contribution in [0.2, 0.25) is 0 Å². The summed E-state index contributed by atoms with van der Waals surface area (Å²) >= 11 is 0. The predicted octanol–water partition coefficient (Wildman–Crippen LogP) is 4.91. The average Bonchev–Trinajstić information content (AvgIpc) is 2.70. The van der Waals surface area contributed by atoms with Gasteiger partial charge in [0.25, 0.3) is 0 Å². The molecule has 1 aliphatic rings. The standard InChI is InChI=1S/C24H25NO/c26-23-13-15-25(16-14-23)24-12-11-21(20-9-5-2-6-10-20)18-22(24)17-19-7-3-1-4-8-19/h1-12,18,23,26H,13-17H2. The van der Waals surface area contributed by atoms with Gasteiger partial charge in [-0.15, -0.1) is 0 Å². The van der Waals surface area contributed by atoms with Crippen molar-refractivity contribution in [3.05, 3.63) is 90.0 Å². The van der Waals surface area contributed by atoms with Crippen LogP contribution >= 0.6 is 0 Å². The van der Waals surface area contributed by atoms with Gasteiger partial charge >= 0.3 is 0 Å². The van der Waals surface area contributed by atoms with E-state index in [1.807, 2.05) is 0 Å². The van der Waals surface area contributed by atoms with Crippen LogP contribution in [0.3, 0.4) is 0 Å². The van der Waals surface area contributed by atoms with E-state index < -0.39 is 0 Å². The number of aliphatic hydroxyl groups is 1. The molecule has 0 aliphatic carbocycles. The van der Waals surface area contributed by atoms with Crippen molar-refractivity contribution in [1.82, 2.24) is 0 Å². The number of hydrogen-bond acceptors (Lipinski definition) is 2. The SMILES string of the molecule is OC1CCN(c2ccc(-c3ccccc3)cc2Cc2ccccc2)CC1. The lowest BCUT2D eigenvalue weighted by molar-refractivity contribution is 0.145. The molecular weight excluding hydrogens is 318 g/mol. The van der Waals surface area contributed by atoms with Crippen LogP contribution in [0.5, 0.6) is 0 Å². The number of aliphatic hydroxyl groups excluding tert-OH is 1. The summed E-state index contributed by atoms with van der Waals surface area (Å²) < 4.78 is 0. The van der Waals surface area contributed by atoms with Crippen molar-refractivity contribution >= 4 is 5.69 Å². The molecule has 2 nitrogen and oxygen atoms in total. The zero-order chi connectivity index (χ0) is 17.8. The summed E-state index contributed by atoms with van der Waals surface area (Å²) in [7, 11) is 0. The van der Waals surface area contributed by atoms with E-state index in [-0.39, 0.29) is 6.10 Å². The molecule has 0 radical (unpaired) electrons. The van der Waals surface area contributed by atoms with Crippen molar-refractivity contribution in [2.45, 2.75) is 25.4 Å². The minimum absolute atomic E-state index is 0.146. The van der Waals surface area contributed by atoms with Crippen LogP contribution in [0.1, 0.15) is 24.0 Å². The first-order chi connectivity index (χ1) is 12.8. The molecular formula is C24H25NO. The Balaban J connectivity index is 1.70. The summed E-state index contributed by atoms with van der Waals surface area (Å²) in [6.45, 7) is 1.85. The Hall–Kier alpha value is -2.58. The van der Waals surface area contributed by atoms with Gasteiger partial charge < -0.3 is 10.0 Å². The molecule has 0 spiro atoms. The minimum atomic E-state index is -0.146. The van der Waals surface area contributed by atoms with Crippen LogP contribution in [-0.4, -0.2) is 24.3 Å². The van der Waals surface area contributed by atoms with Crippen LogP contribution in [0, 0.1) is 0 Å². The Morgan fingerprint density at radius 1 is 0.769 bits per heavy atom. The van der Waals surface area contributed by atoms with Gasteiger partial charge in [0.1, 0.15) is 0 Å². The summed E-state index contributed by atoms with van der Waals surface area (Å²) in [5.74, 6) is 0. The van der Waals surface area contributed by atoms with E-state index in [4.69, 9.17) is 0 Å². The molecule has 3 aromatic carbocycles. The maximum atomic E-state index is 9.84. The fourth-order valence-electron chi connectivity index (χ4n) is 3.77. The van der Waals surface area contributed by atoms with E-state index in [1.165, 1.54) is 27.9 Å². The monoisotopic (exact) mass is 343 g/mol. The molecule has 2 heteroatoms. The first kappa shape index (κ1) is 16.9. The molecule has 3 aromatic rings. The fraction of sp³-hybridized carbons (Fsp3) is 0.250. The molecule has 1 aliphatic heterocycles. The Morgan fingerprint density at radius 3 is 2.12 bits per heavy atom. The maximum Gasteiger partial charge on any atom is 0.0574 e. The van der Waals surface area contributed by atoms with Crippen molar-refractivity contribution in [2.24, 2.45) is 0 Å². The van der Waals surface area contributed by atoms with Gasteiger partial charge in [0.2, 0.25) is 0 Å². The van der Waals surface area contributed by atoms with Gasteiger partial charge in [-0.25, -0.2) is 0 Å². The van der Waals surface area contributed by atoms with Gasteiger partial charge in [-0.3, -0.25) is 0 Å². The largest absolute Gasteiger partial charge is 0.393 e. The van der Waals surface area contributed by atoms with Crippen molar-refractivity contribution < 1.29 is 5.11 Å². The Kier molecular flexibility index (Phi) is 5.03. The van der Waals surface area contributed by atoms with Crippen molar-refractivity contribution in [3.8, 4) is 11.1 Å². The molecule has 1 fully saturated rings. The van der Waals surface area contributed by atoms with Crippen LogP contribution in [0.4, 0.5) is 5.69 Å². The van der Waals surface area contributed by atoms with Gasteiger partial charge in [0.05, 0.1) is 6.10 Å². The summed E-state index contributed by atoms with van der Waals surface area (Å²) in [6.07, 6.45) is 2.49. The highest BCUT2D eigenvalue weighted by molar-refractivity contribution is 5.69. The highest BCUT2D eigenvalue weighted by Crippen LogP contribution is 2.31. The third-order valence-electron chi connectivity index (χ3n) is 5.23. The molecule has 0 atom stereocenters. The van der Waals surface area contributed by atoms with Gasteiger partial charge in [-0.2, -0.15) is 0 Å². The molecule has 1 saturated heterocycles. The zero-order valence-corrected chi connectivity index (χ0v) is 15.0. The van der Waals surface area contributed by atoms with Crippen molar-refractivity contribution in [2.75, 3.05) is 18.0 Å². The van der Waals surface area contributed by atoms with E-state index in [1.54, 1.807) is 0 Å². The third kappa shape index (κ3) is 3.81. The highest BCUT2D eigenvalue weighted by atomic mass is 16.3. The summed E-state index contributed by atoms with van der Waals surface area (Å²) in [5.41, 5.74) is 6.50. The lowest BCUT2D eigenvalue weighted by Gasteiger charge is -2.33. The van der Waals surface area contributed by atoms with E-state index in [0.717, 1.165) is 32.4 Å². The molecule has 4 rings (SSSR count). The molecule has 0 aromatic heterocycles. The summed E-state index contributed by atoms with van der Waals surface area (Å²) in [4.78, 5) is 2.43. The molecule has 26 heavy (non-hydrogen) atoms. The van der Waals surface area contributed by atoms with Crippen LogP contribution < -0.4 is 4.90 Å². The first-order valence-electron chi connectivity index (χ1n) is 9.45. The number of rotatable bonds is 4. The molecule has 0 amide bonds. The lowest BCUT2D eigenvalue weighted by Crippen LogP contribution is -2.36. The van der Waals surface area contributed by atoms with Crippen molar-refractivity contribution in [1.29, 1.82) is 0 Å². The van der Waals surface area contributed by atoms with Gasteiger partial charge in [0.15, 0.2) is 0 Å². The zero-order valence-electron chi connectivity index (χ0n) is 15.0. The number of hydrogen-bond donors (Lipinski definition) is 1. The van der Waals surface area contributed by atoms with Crippen LogP contribution in [0.15, 0.2) is 78.9 Å². The smallest absolute Gasteiger partial charge is 0.0574 e. The second-order valence-corrected chi connectivity index (χ2v) is 7.09. The first-order valence-corrected chi connectivity index (χ1v) is 9.45. The van der Waals surface area contributed by atoms with Gasteiger partial charge in [0, 0.05) is 18.8 Å². The van der Waals surface area contributed by atoms with E-state index in [0.29, 0.717) is 0 Å². The van der Waals surface area contributed by atoms with Crippen LogP contribution in [0.25, 0.3) is 11.1 Å². The Morgan fingerprint density at radius 2 is 1.42 bits per heavy atom. The predicted molar refractivity (Wildman–Crippen MR) is 109 cm³/mol. The molecule has 0 saturated carbocycles. The Bertz CT molecular complexity index is 837. The normalized spacial score (nSPS) is 15.2. The van der Waals surface area contributed by atoms with Crippen LogP contribution in [-0.2, 0) is 6.42 Å². The second-order valence-electron chi connectivity index (χ2n) is 7.09. The molecule has 0 unspecified atom stereocenters. The Labute approximate surface area is 155 Å². The van der Waals surface area contributed by atoms with E-state index in [2.05, 4.69) is 83.8 Å². The minimum Gasteiger partial charge on any atom is -0.393 e. The number of piperidine rings is 1. The second kappa shape index (κ2) is 7.76. The number of benzene rings is 3. The third-order valence-corrected chi connectivity index (χ3v) is 5.23. The highest BCUT2D eigenvalue weighted by Gasteiger charge is 2.19. The quantitative estimate of drug-likeness (QED) is 0.728. The lowest BCUT2D eigenvalue weighted by atomic mass is 9.96. The van der Waals surface area contributed by atoms with E-state index >= 15 is 0 Å². The van der Waals surface area contributed by atoms with Crippen molar-refractivity contribution in [3.63, 3.8) is 0 Å². The molecule has 0 bridgehead atoms. The fourth-order valence-corrected chi connectivity index (χ4v) is 3.77. The summed E-state index contributed by atoms with van der Waals surface area (Å²) in [5, 5.41) is 9.84. The van der Waals surface area contributed by atoms with Gasteiger partial charge in [-0.1, -0.05) is 66.7 Å². The van der Waals surface area contributed by atoms with Gasteiger partial charge in [-0.05, 0) is 53.6 Å². The average molecular weight is 343 g/mol. The maximum absolute atomic E-state index is 9.84.